The molecule has 0 aliphatic rings. The molecule has 8 heteroatoms. The van der Waals surface area contributed by atoms with Crippen LogP contribution in [0.25, 0.3) is 0 Å². The molecule has 0 aliphatic carbocycles. The second kappa shape index (κ2) is 9.16. The lowest BCUT2D eigenvalue weighted by Crippen LogP contribution is -2.34. The maximum atomic E-state index is 13.7. The summed E-state index contributed by atoms with van der Waals surface area (Å²) in [7, 11) is -1.06. The van der Waals surface area contributed by atoms with Crippen LogP contribution in [0.5, 0.6) is 11.5 Å². The summed E-state index contributed by atoms with van der Waals surface area (Å²) in [6.45, 7) is 3.66. The van der Waals surface area contributed by atoms with Gasteiger partial charge in [0.05, 0.1) is 35.9 Å². The Labute approximate surface area is 187 Å². The first kappa shape index (κ1) is 22.9. The molecule has 0 aromatic heterocycles. The largest absolute Gasteiger partial charge is 0.497 e. The molecule has 0 spiro atoms. The number of aryl methyl sites for hydroxylation is 1. The van der Waals surface area contributed by atoms with E-state index in [2.05, 4.69) is 0 Å². The fraction of sp³-hybridized carbons (Fsp3) is 0.217. The Morgan fingerprint density at radius 3 is 2.23 bits per heavy atom. The van der Waals surface area contributed by atoms with Crippen molar-refractivity contribution in [3.05, 3.63) is 82.6 Å². The third kappa shape index (κ3) is 4.62. The number of nitrogens with zero attached hydrogens (tertiary/aromatic N) is 1. The predicted octanol–water partition coefficient (Wildman–Crippen LogP) is 5.76. The molecular formula is C23H23ClFNO4S. The molecule has 0 saturated heterocycles. The Balaban J connectivity index is 2.22. The molecule has 5 nitrogen and oxygen atoms in total. The Kier molecular flexibility index (Phi) is 6.77. The van der Waals surface area contributed by atoms with Crippen LogP contribution >= 0.6 is 11.6 Å². The molecule has 1 atom stereocenters. The number of sulfonamides is 1. The minimum atomic E-state index is -4.11. The topological polar surface area (TPSA) is 55.8 Å². The van der Waals surface area contributed by atoms with Crippen molar-refractivity contribution in [3.63, 3.8) is 0 Å². The summed E-state index contributed by atoms with van der Waals surface area (Å²) in [5, 5.41) is -0.267. The molecule has 0 radical (unpaired) electrons. The van der Waals surface area contributed by atoms with Crippen LogP contribution in [0.15, 0.2) is 65.6 Å². The Hall–Kier alpha value is -2.77. The molecule has 31 heavy (non-hydrogen) atoms. The second-order valence-electron chi connectivity index (χ2n) is 7.00. The van der Waals surface area contributed by atoms with Crippen molar-refractivity contribution >= 4 is 27.3 Å². The van der Waals surface area contributed by atoms with E-state index in [0.717, 1.165) is 17.7 Å². The summed E-state index contributed by atoms with van der Waals surface area (Å²) in [6, 6.07) is 15.0. The lowest BCUT2D eigenvalue weighted by molar-refractivity contribution is 0.396. The second-order valence-corrected chi connectivity index (χ2v) is 9.22. The maximum Gasteiger partial charge on any atom is 0.264 e. The van der Waals surface area contributed by atoms with E-state index in [-0.39, 0.29) is 9.92 Å². The van der Waals surface area contributed by atoms with Gasteiger partial charge in [-0.25, -0.2) is 12.8 Å². The van der Waals surface area contributed by atoms with Crippen molar-refractivity contribution in [2.75, 3.05) is 18.5 Å². The van der Waals surface area contributed by atoms with Crippen molar-refractivity contribution in [2.24, 2.45) is 0 Å². The minimum Gasteiger partial charge on any atom is -0.497 e. The van der Waals surface area contributed by atoms with E-state index in [1.807, 2.05) is 19.1 Å². The minimum absolute atomic E-state index is 0.117. The first-order valence-corrected chi connectivity index (χ1v) is 11.3. The van der Waals surface area contributed by atoms with E-state index in [1.165, 1.54) is 24.6 Å². The highest BCUT2D eigenvalue weighted by Gasteiger charge is 2.32. The summed E-state index contributed by atoms with van der Waals surface area (Å²) in [6.07, 6.45) is 0. The standard InChI is InChI=1S/C23H23ClFNO4S/c1-15-5-7-17(8-6-15)26(31(27,28)19-10-11-22(25)21(24)14-19)16(2)20-13-18(29-3)9-12-23(20)30-4/h5-14,16H,1-4H3/t16-/m0/s1. The summed E-state index contributed by atoms with van der Waals surface area (Å²) in [5.41, 5.74) is 2.04. The fourth-order valence-electron chi connectivity index (χ4n) is 3.31. The number of hydrogen-bond acceptors (Lipinski definition) is 4. The van der Waals surface area contributed by atoms with Crippen LogP contribution in [0.4, 0.5) is 10.1 Å². The lowest BCUT2D eigenvalue weighted by Gasteiger charge is -2.32. The van der Waals surface area contributed by atoms with Gasteiger partial charge in [-0.1, -0.05) is 29.3 Å². The summed E-state index contributed by atoms with van der Waals surface area (Å²) in [5.74, 6) is 0.386. The van der Waals surface area contributed by atoms with E-state index >= 15 is 0 Å². The lowest BCUT2D eigenvalue weighted by atomic mass is 10.1. The molecular weight excluding hydrogens is 441 g/mol. The van der Waals surface area contributed by atoms with Crippen molar-refractivity contribution in [2.45, 2.75) is 24.8 Å². The monoisotopic (exact) mass is 463 g/mol. The third-order valence-electron chi connectivity index (χ3n) is 4.98. The summed E-state index contributed by atoms with van der Waals surface area (Å²) < 4.78 is 53.2. The van der Waals surface area contributed by atoms with Crippen LogP contribution in [0, 0.1) is 12.7 Å². The third-order valence-corrected chi connectivity index (χ3v) is 7.16. The molecule has 0 saturated carbocycles. The van der Waals surface area contributed by atoms with Gasteiger partial charge in [0, 0.05) is 5.56 Å². The maximum absolute atomic E-state index is 13.7. The van der Waals surface area contributed by atoms with Gasteiger partial charge in [0.1, 0.15) is 17.3 Å². The number of rotatable bonds is 7. The van der Waals surface area contributed by atoms with Gasteiger partial charge in [-0.2, -0.15) is 0 Å². The zero-order valence-corrected chi connectivity index (χ0v) is 19.2. The highest BCUT2D eigenvalue weighted by molar-refractivity contribution is 7.92. The van der Waals surface area contributed by atoms with Gasteiger partial charge < -0.3 is 9.47 Å². The highest BCUT2D eigenvalue weighted by Crippen LogP contribution is 2.39. The van der Waals surface area contributed by atoms with E-state index in [1.54, 1.807) is 37.3 Å². The van der Waals surface area contributed by atoms with Gasteiger partial charge in [0.25, 0.3) is 10.0 Å². The molecule has 164 valence electrons. The molecule has 0 heterocycles. The molecule has 0 bridgehead atoms. The number of benzene rings is 3. The molecule has 0 aliphatic heterocycles. The van der Waals surface area contributed by atoms with Crippen molar-refractivity contribution in [1.82, 2.24) is 0 Å². The van der Waals surface area contributed by atoms with Gasteiger partial charge >= 0.3 is 0 Å². The molecule has 0 amide bonds. The molecule has 3 rings (SSSR count). The Bertz CT molecular complexity index is 1180. The number of hydrogen-bond donors (Lipinski definition) is 0. The molecule has 3 aromatic carbocycles. The molecule has 0 N–H and O–H groups in total. The Morgan fingerprint density at radius 1 is 0.968 bits per heavy atom. The Morgan fingerprint density at radius 2 is 1.65 bits per heavy atom. The van der Waals surface area contributed by atoms with E-state index < -0.39 is 21.9 Å². The molecule has 0 fully saturated rings. The smallest absolute Gasteiger partial charge is 0.264 e. The van der Waals surface area contributed by atoms with Crippen molar-refractivity contribution in [1.29, 1.82) is 0 Å². The average Bonchev–Trinajstić information content (AvgIpc) is 2.76. The molecule has 3 aromatic rings. The highest BCUT2D eigenvalue weighted by atomic mass is 35.5. The van der Waals surface area contributed by atoms with Gasteiger partial charge in [0.2, 0.25) is 0 Å². The first-order valence-electron chi connectivity index (χ1n) is 9.47. The number of halogens is 2. The van der Waals surface area contributed by atoms with Crippen molar-refractivity contribution in [3.8, 4) is 11.5 Å². The first-order chi connectivity index (χ1) is 14.7. The predicted molar refractivity (Wildman–Crippen MR) is 120 cm³/mol. The van der Waals surface area contributed by atoms with Gasteiger partial charge in [-0.3, -0.25) is 4.31 Å². The zero-order chi connectivity index (χ0) is 22.8. The molecule has 0 unspecified atom stereocenters. The van der Waals surface area contributed by atoms with Crippen LogP contribution in [-0.4, -0.2) is 22.6 Å². The fourth-order valence-corrected chi connectivity index (χ4v) is 5.21. The SMILES string of the molecule is COc1ccc(OC)c([C@H](C)N(c2ccc(C)cc2)S(=O)(=O)c2ccc(F)c(Cl)c2)c1. The summed E-state index contributed by atoms with van der Waals surface area (Å²) in [4.78, 5) is -0.117. The van der Waals surface area contributed by atoms with Gasteiger partial charge in [0.15, 0.2) is 0 Å². The quantitative estimate of drug-likeness (QED) is 0.447. The van der Waals surface area contributed by atoms with E-state index in [4.69, 9.17) is 21.1 Å². The number of ether oxygens (including phenoxy) is 2. The van der Waals surface area contributed by atoms with Gasteiger partial charge in [-0.05, 0) is 62.4 Å². The summed E-state index contributed by atoms with van der Waals surface area (Å²) >= 11 is 5.88. The zero-order valence-electron chi connectivity index (χ0n) is 17.6. The number of methoxy groups -OCH3 is 2. The van der Waals surface area contributed by atoms with Crippen LogP contribution in [-0.2, 0) is 10.0 Å². The van der Waals surface area contributed by atoms with Gasteiger partial charge in [-0.15, -0.1) is 0 Å². The van der Waals surface area contributed by atoms with Crippen LogP contribution in [0.3, 0.4) is 0 Å². The number of anilines is 1. The van der Waals surface area contributed by atoms with Crippen LogP contribution in [0.2, 0.25) is 5.02 Å². The van der Waals surface area contributed by atoms with E-state index in [9.17, 15) is 12.8 Å². The van der Waals surface area contributed by atoms with E-state index in [0.29, 0.717) is 22.7 Å². The van der Waals surface area contributed by atoms with Crippen LogP contribution in [0.1, 0.15) is 24.1 Å². The normalized spacial score (nSPS) is 12.3. The average molecular weight is 464 g/mol. The van der Waals surface area contributed by atoms with Crippen molar-refractivity contribution < 1.29 is 22.3 Å². The van der Waals surface area contributed by atoms with Crippen LogP contribution < -0.4 is 13.8 Å².